The average molecular weight is 427 g/mol. The first-order valence-electron chi connectivity index (χ1n) is 10.9. The number of nitrogens with one attached hydrogen (secondary N) is 2. The molecule has 1 aliphatic rings. The minimum absolute atomic E-state index is 0.382. The zero-order valence-corrected chi connectivity index (χ0v) is 18.1. The SMILES string of the molecule is CNc1cc(Nc2nccc([C@@H]3CCCN(Cc4ccc5ncccc5c4)C3)n2)ncn1. The van der Waals surface area contributed by atoms with Crippen LogP contribution in [0.25, 0.3) is 10.9 Å². The molecule has 1 saturated heterocycles. The van der Waals surface area contributed by atoms with Gasteiger partial charge in [0.1, 0.15) is 18.0 Å². The molecule has 1 atom stereocenters. The molecule has 1 aliphatic heterocycles. The van der Waals surface area contributed by atoms with Gasteiger partial charge in [-0.05, 0) is 49.2 Å². The number of nitrogens with zero attached hydrogens (tertiary/aromatic N) is 6. The largest absolute Gasteiger partial charge is 0.373 e. The lowest BCUT2D eigenvalue weighted by Gasteiger charge is -2.32. The third-order valence-corrected chi connectivity index (χ3v) is 5.84. The van der Waals surface area contributed by atoms with Gasteiger partial charge >= 0.3 is 0 Å². The number of likely N-dealkylation sites (tertiary alicyclic amines) is 1. The van der Waals surface area contributed by atoms with Crippen molar-refractivity contribution in [3.8, 4) is 0 Å². The Bertz CT molecular complexity index is 1210. The number of hydrogen-bond donors (Lipinski definition) is 2. The molecular formula is C24H26N8. The summed E-state index contributed by atoms with van der Waals surface area (Å²) in [4.78, 5) is 24.5. The second kappa shape index (κ2) is 9.23. The first-order chi connectivity index (χ1) is 15.8. The van der Waals surface area contributed by atoms with Crippen molar-refractivity contribution in [1.29, 1.82) is 0 Å². The van der Waals surface area contributed by atoms with Crippen molar-refractivity contribution in [2.24, 2.45) is 0 Å². The van der Waals surface area contributed by atoms with Gasteiger partial charge in [0.25, 0.3) is 0 Å². The van der Waals surface area contributed by atoms with Gasteiger partial charge in [0.05, 0.1) is 11.2 Å². The Hall–Kier alpha value is -3.65. The summed E-state index contributed by atoms with van der Waals surface area (Å²) in [5, 5.41) is 7.39. The smallest absolute Gasteiger partial charge is 0.228 e. The van der Waals surface area contributed by atoms with Crippen molar-refractivity contribution < 1.29 is 0 Å². The van der Waals surface area contributed by atoms with E-state index < -0.39 is 0 Å². The van der Waals surface area contributed by atoms with E-state index >= 15 is 0 Å². The topological polar surface area (TPSA) is 91.8 Å². The highest BCUT2D eigenvalue weighted by Gasteiger charge is 2.23. The summed E-state index contributed by atoms with van der Waals surface area (Å²) in [6.07, 6.45) is 7.46. The Labute approximate surface area is 187 Å². The summed E-state index contributed by atoms with van der Waals surface area (Å²) in [7, 11) is 1.83. The second-order valence-electron chi connectivity index (χ2n) is 8.07. The molecule has 0 bridgehead atoms. The molecule has 1 aromatic carbocycles. The van der Waals surface area contributed by atoms with E-state index in [4.69, 9.17) is 4.98 Å². The van der Waals surface area contributed by atoms with Gasteiger partial charge in [-0.25, -0.2) is 19.9 Å². The number of fused-ring (bicyclic) bond motifs is 1. The minimum Gasteiger partial charge on any atom is -0.373 e. The predicted octanol–water partition coefficient (Wildman–Crippen LogP) is 3.98. The van der Waals surface area contributed by atoms with E-state index in [2.05, 4.69) is 59.7 Å². The van der Waals surface area contributed by atoms with Crippen molar-refractivity contribution in [1.82, 2.24) is 29.8 Å². The number of piperidine rings is 1. The lowest BCUT2D eigenvalue weighted by Crippen LogP contribution is -2.34. The van der Waals surface area contributed by atoms with Gasteiger partial charge in [0.15, 0.2) is 0 Å². The number of hydrogen-bond acceptors (Lipinski definition) is 8. The highest BCUT2D eigenvalue weighted by molar-refractivity contribution is 5.78. The van der Waals surface area contributed by atoms with E-state index in [1.165, 1.54) is 17.3 Å². The molecule has 0 saturated carbocycles. The molecule has 1 fully saturated rings. The number of pyridine rings is 1. The van der Waals surface area contributed by atoms with Crippen molar-refractivity contribution in [3.63, 3.8) is 0 Å². The molecule has 0 unspecified atom stereocenters. The van der Waals surface area contributed by atoms with Crippen molar-refractivity contribution >= 4 is 28.5 Å². The van der Waals surface area contributed by atoms with Gasteiger partial charge in [-0.2, -0.15) is 0 Å². The van der Waals surface area contributed by atoms with Crippen LogP contribution in [0.3, 0.4) is 0 Å². The van der Waals surface area contributed by atoms with Gasteiger partial charge in [0.2, 0.25) is 5.95 Å². The standard InChI is InChI=1S/C24H26N8/c1-25-22-13-23(29-16-28-22)31-24-27-10-8-21(30-24)19-5-3-11-32(15-19)14-17-6-7-20-18(12-17)4-2-9-26-20/h2,4,6-10,12-13,16,19H,3,5,11,14-15H2,1H3,(H2,25,27,28,29,30,31)/t19-/m1/s1. The first-order valence-corrected chi connectivity index (χ1v) is 10.9. The number of anilines is 3. The molecule has 2 N–H and O–H groups in total. The molecule has 4 heterocycles. The third kappa shape index (κ3) is 4.65. The van der Waals surface area contributed by atoms with Crippen molar-refractivity contribution in [2.75, 3.05) is 30.8 Å². The molecule has 162 valence electrons. The van der Waals surface area contributed by atoms with Gasteiger partial charge in [-0.1, -0.05) is 12.1 Å². The van der Waals surface area contributed by atoms with Crippen LogP contribution in [0.15, 0.2) is 61.2 Å². The Morgan fingerprint density at radius 1 is 1.00 bits per heavy atom. The fraction of sp³-hybridized carbons (Fsp3) is 0.292. The van der Waals surface area contributed by atoms with Crippen molar-refractivity contribution in [2.45, 2.75) is 25.3 Å². The quantitative estimate of drug-likeness (QED) is 0.478. The van der Waals surface area contributed by atoms with E-state index in [1.807, 2.05) is 37.6 Å². The molecule has 8 nitrogen and oxygen atoms in total. The van der Waals surface area contributed by atoms with E-state index in [0.717, 1.165) is 49.5 Å². The maximum absolute atomic E-state index is 4.79. The second-order valence-corrected chi connectivity index (χ2v) is 8.07. The monoisotopic (exact) mass is 426 g/mol. The number of benzene rings is 1. The highest BCUT2D eigenvalue weighted by Crippen LogP contribution is 2.27. The average Bonchev–Trinajstić information content (AvgIpc) is 2.84. The number of aromatic nitrogens is 5. The van der Waals surface area contributed by atoms with Crippen LogP contribution in [0.2, 0.25) is 0 Å². The predicted molar refractivity (Wildman–Crippen MR) is 126 cm³/mol. The van der Waals surface area contributed by atoms with Crippen LogP contribution in [-0.4, -0.2) is 50.0 Å². The van der Waals surface area contributed by atoms with Crippen LogP contribution in [0.4, 0.5) is 17.6 Å². The van der Waals surface area contributed by atoms with Crippen molar-refractivity contribution in [3.05, 3.63) is 72.4 Å². The summed E-state index contributed by atoms with van der Waals surface area (Å²) in [5.41, 5.74) is 3.43. The van der Waals surface area contributed by atoms with E-state index in [0.29, 0.717) is 17.7 Å². The van der Waals surface area contributed by atoms with Crippen LogP contribution in [-0.2, 0) is 6.54 Å². The molecule has 32 heavy (non-hydrogen) atoms. The molecule has 0 amide bonds. The summed E-state index contributed by atoms with van der Waals surface area (Å²) < 4.78 is 0. The molecule has 4 aromatic rings. The van der Waals surface area contributed by atoms with Crippen LogP contribution in [0.1, 0.15) is 30.0 Å². The fourth-order valence-corrected chi connectivity index (χ4v) is 4.26. The first kappa shape index (κ1) is 20.3. The summed E-state index contributed by atoms with van der Waals surface area (Å²) in [5.74, 6) is 2.35. The summed E-state index contributed by atoms with van der Waals surface area (Å²) >= 11 is 0. The maximum atomic E-state index is 4.79. The van der Waals surface area contributed by atoms with Gasteiger partial charge in [0, 0.05) is 49.9 Å². The zero-order chi connectivity index (χ0) is 21.8. The van der Waals surface area contributed by atoms with E-state index in [1.54, 1.807) is 0 Å². The van der Waals surface area contributed by atoms with Crippen LogP contribution in [0.5, 0.6) is 0 Å². The van der Waals surface area contributed by atoms with Crippen LogP contribution in [0, 0.1) is 0 Å². The lowest BCUT2D eigenvalue weighted by atomic mass is 9.94. The summed E-state index contributed by atoms with van der Waals surface area (Å²) in [6.45, 7) is 3.02. The maximum Gasteiger partial charge on any atom is 0.228 e. The molecule has 3 aromatic heterocycles. The number of rotatable bonds is 6. The van der Waals surface area contributed by atoms with E-state index in [-0.39, 0.29) is 0 Å². The van der Waals surface area contributed by atoms with Crippen LogP contribution >= 0.6 is 0 Å². The molecule has 5 rings (SSSR count). The molecule has 0 spiro atoms. The summed E-state index contributed by atoms with van der Waals surface area (Å²) in [6, 6.07) is 14.5. The van der Waals surface area contributed by atoms with E-state index in [9.17, 15) is 0 Å². The van der Waals surface area contributed by atoms with Gasteiger partial charge < -0.3 is 10.6 Å². The molecule has 0 radical (unpaired) electrons. The fourth-order valence-electron chi connectivity index (χ4n) is 4.26. The Morgan fingerprint density at radius 2 is 1.94 bits per heavy atom. The zero-order valence-electron chi connectivity index (χ0n) is 18.1. The minimum atomic E-state index is 0.382. The van der Waals surface area contributed by atoms with Gasteiger partial charge in [-0.3, -0.25) is 9.88 Å². The molecular weight excluding hydrogens is 400 g/mol. The van der Waals surface area contributed by atoms with Gasteiger partial charge in [-0.15, -0.1) is 0 Å². The third-order valence-electron chi connectivity index (χ3n) is 5.84. The molecule has 0 aliphatic carbocycles. The Kier molecular flexibility index (Phi) is 5.85. The molecule has 8 heteroatoms. The van der Waals surface area contributed by atoms with Crippen LogP contribution < -0.4 is 10.6 Å². The normalized spacial score (nSPS) is 16.7. The lowest BCUT2D eigenvalue weighted by molar-refractivity contribution is 0.198. The highest BCUT2D eigenvalue weighted by atomic mass is 15.2. The Balaban J connectivity index is 1.28. The Morgan fingerprint density at radius 3 is 2.88 bits per heavy atom.